The van der Waals surface area contributed by atoms with Gasteiger partial charge in [0, 0.05) is 14.7 Å². The summed E-state index contributed by atoms with van der Waals surface area (Å²) in [7, 11) is -1.02. The van der Waals surface area contributed by atoms with Gasteiger partial charge in [-0.05, 0) is 6.04 Å². The Morgan fingerprint density at radius 3 is 2.80 bits per heavy atom. The minimum Gasteiger partial charge on any atom is -0.388 e. The number of rotatable bonds is 6. The van der Waals surface area contributed by atoms with Crippen LogP contribution in [0.3, 0.4) is 0 Å². The summed E-state index contributed by atoms with van der Waals surface area (Å²) in [5, 5.41) is 14.4. The summed E-state index contributed by atoms with van der Waals surface area (Å²) in [6.45, 7) is 7.99. The SMILES string of the molecule is C[Si](C)(C)CCOCN1NNN=C1CO. The van der Waals surface area contributed by atoms with E-state index in [1.54, 1.807) is 5.01 Å². The largest absolute Gasteiger partial charge is 0.388 e. The van der Waals surface area contributed by atoms with Crippen LogP contribution in [-0.2, 0) is 4.74 Å². The Morgan fingerprint density at radius 1 is 1.47 bits per heavy atom. The lowest BCUT2D eigenvalue weighted by Crippen LogP contribution is -2.43. The van der Waals surface area contributed by atoms with Gasteiger partial charge in [0.15, 0.2) is 5.84 Å². The summed E-state index contributed by atoms with van der Waals surface area (Å²) >= 11 is 0. The second kappa shape index (κ2) is 5.45. The summed E-state index contributed by atoms with van der Waals surface area (Å²) < 4.78 is 5.49. The van der Waals surface area contributed by atoms with Crippen LogP contribution in [0.5, 0.6) is 0 Å². The van der Waals surface area contributed by atoms with E-state index in [-0.39, 0.29) is 6.61 Å². The van der Waals surface area contributed by atoms with Crippen molar-refractivity contribution in [3.05, 3.63) is 0 Å². The molecule has 0 aliphatic carbocycles. The summed E-state index contributed by atoms with van der Waals surface area (Å²) in [6, 6.07) is 1.14. The molecular weight excluding hydrogens is 212 g/mol. The molecule has 0 saturated heterocycles. The standard InChI is InChI=1S/C8H20N4O2Si/c1-15(2,3)5-4-14-7-12-8(6-13)9-10-11-12/h10-11,13H,4-7H2,1-3H3. The van der Waals surface area contributed by atoms with Gasteiger partial charge in [-0.2, -0.15) is 0 Å². The number of hydrogen-bond donors (Lipinski definition) is 3. The Balaban J connectivity index is 2.13. The van der Waals surface area contributed by atoms with E-state index in [9.17, 15) is 0 Å². The zero-order chi connectivity index (χ0) is 11.3. The van der Waals surface area contributed by atoms with E-state index in [2.05, 4.69) is 35.8 Å². The second-order valence-electron chi connectivity index (χ2n) is 4.69. The van der Waals surface area contributed by atoms with Gasteiger partial charge in [-0.1, -0.05) is 19.6 Å². The molecule has 0 amide bonds. The number of hydrazone groups is 1. The van der Waals surface area contributed by atoms with Gasteiger partial charge in [-0.25, -0.2) is 10.5 Å². The first-order valence-electron chi connectivity index (χ1n) is 5.06. The van der Waals surface area contributed by atoms with E-state index in [1.807, 2.05) is 0 Å². The zero-order valence-electron chi connectivity index (χ0n) is 9.58. The molecule has 1 aliphatic rings. The molecule has 0 aromatic heterocycles. The molecule has 88 valence electrons. The van der Waals surface area contributed by atoms with Gasteiger partial charge < -0.3 is 9.84 Å². The molecule has 7 heteroatoms. The van der Waals surface area contributed by atoms with Crippen LogP contribution in [0.25, 0.3) is 0 Å². The van der Waals surface area contributed by atoms with Crippen molar-refractivity contribution < 1.29 is 9.84 Å². The van der Waals surface area contributed by atoms with E-state index < -0.39 is 8.07 Å². The molecule has 0 saturated carbocycles. The molecule has 15 heavy (non-hydrogen) atoms. The molecule has 0 unspecified atom stereocenters. The van der Waals surface area contributed by atoms with Gasteiger partial charge in [0.2, 0.25) is 0 Å². The molecule has 1 aliphatic heterocycles. The molecule has 0 bridgehead atoms. The Labute approximate surface area is 91.2 Å². The third-order valence-corrected chi connectivity index (χ3v) is 3.74. The maximum absolute atomic E-state index is 8.92. The Hall–Kier alpha value is -0.633. The number of hydrogen-bond acceptors (Lipinski definition) is 6. The van der Waals surface area contributed by atoms with Gasteiger partial charge in [0.25, 0.3) is 0 Å². The van der Waals surface area contributed by atoms with Crippen LogP contribution >= 0.6 is 0 Å². The first-order valence-corrected chi connectivity index (χ1v) is 8.77. The van der Waals surface area contributed by atoms with Crippen molar-refractivity contribution in [2.24, 2.45) is 5.10 Å². The van der Waals surface area contributed by atoms with Gasteiger partial charge >= 0.3 is 0 Å². The lowest BCUT2D eigenvalue weighted by Gasteiger charge is -2.20. The highest BCUT2D eigenvalue weighted by Gasteiger charge is 2.16. The number of hydrazine groups is 2. The monoisotopic (exact) mass is 232 g/mol. The van der Waals surface area contributed by atoms with Crippen molar-refractivity contribution in [2.75, 3.05) is 19.9 Å². The van der Waals surface area contributed by atoms with Crippen molar-refractivity contribution in [1.82, 2.24) is 16.1 Å². The minimum absolute atomic E-state index is 0.0998. The first kappa shape index (κ1) is 12.4. The quantitative estimate of drug-likeness (QED) is 0.442. The number of amidine groups is 1. The van der Waals surface area contributed by atoms with E-state index >= 15 is 0 Å². The normalized spacial score (nSPS) is 16.5. The fourth-order valence-electron chi connectivity index (χ4n) is 1.04. The maximum atomic E-state index is 8.92. The van der Waals surface area contributed by atoms with Crippen molar-refractivity contribution in [2.45, 2.75) is 25.7 Å². The van der Waals surface area contributed by atoms with E-state index in [1.165, 1.54) is 0 Å². The lowest BCUT2D eigenvalue weighted by molar-refractivity contribution is 0.0456. The molecule has 0 spiro atoms. The number of aliphatic hydroxyl groups is 1. The third-order valence-electron chi connectivity index (χ3n) is 2.04. The lowest BCUT2D eigenvalue weighted by atomic mass is 10.6. The Kier molecular flexibility index (Phi) is 4.52. The minimum atomic E-state index is -1.02. The van der Waals surface area contributed by atoms with Crippen LogP contribution in [0.15, 0.2) is 5.10 Å². The Morgan fingerprint density at radius 2 is 2.20 bits per heavy atom. The molecule has 0 fully saturated rings. The zero-order valence-corrected chi connectivity index (χ0v) is 10.6. The predicted octanol–water partition coefficient (Wildman–Crippen LogP) is -0.0707. The van der Waals surface area contributed by atoms with Crippen LogP contribution in [0.2, 0.25) is 25.7 Å². The fourth-order valence-corrected chi connectivity index (χ4v) is 1.79. The number of aliphatic hydroxyl groups excluding tert-OH is 1. The third kappa shape index (κ3) is 4.60. The molecule has 0 aromatic rings. The van der Waals surface area contributed by atoms with Gasteiger partial charge in [0.1, 0.15) is 13.3 Å². The van der Waals surface area contributed by atoms with Crippen molar-refractivity contribution in [3.63, 3.8) is 0 Å². The van der Waals surface area contributed by atoms with Gasteiger partial charge in [-0.15, -0.1) is 10.6 Å². The van der Waals surface area contributed by atoms with Crippen LogP contribution in [0.1, 0.15) is 0 Å². The van der Waals surface area contributed by atoms with Crippen molar-refractivity contribution in [3.8, 4) is 0 Å². The summed E-state index contributed by atoms with van der Waals surface area (Å²) in [5.74, 6) is 0.544. The average molecular weight is 232 g/mol. The summed E-state index contributed by atoms with van der Waals surface area (Å²) in [6.07, 6.45) is 0. The van der Waals surface area contributed by atoms with Gasteiger partial charge in [-0.3, -0.25) is 0 Å². The molecule has 6 nitrogen and oxygen atoms in total. The highest BCUT2D eigenvalue weighted by atomic mass is 28.3. The smallest absolute Gasteiger partial charge is 0.169 e. The highest BCUT2D eigenvalue weighted by molar-refractivity contribution is 6.76. The number of nitrogens with one attached hydrogen (secondary N) is 2. The molecule has 1 rings (SSSR count). The topological polar surface area (TPSA) is 69.1 Å². The molecule has 0 radical (unpaired) electrons. The van der Waals surface area contributed by atoms with Gasteiger partial charge in [0.05, 0.1) is 0 Å². The van der Waals surface area contributed by atoms with Crippen molar-refractivity contribution >= 4 is 13.9 Å². The van der Waals surface area contributed by atoms with E-state index in [0.717, 1.165) is 12.7 Å². The molecule has 1 heterocycles. The number of nitrogens with zero attached hydrogens (tertiary/aromatic N) is 2. The van der Waals surface area contributed by atoms with Crippen LogP contribution in [-0.4, -0.2) is 44.0 Å². The Bertz CT molecular complexity index is 229. The van der Waals surface area contributed by atoms with Crippen LogP contribution in [0, 0.1) is 0 Å². The van der Waals surface area contributed by atoms with Crippen LogP contribution in [0.4, 0.5) is 0 Å². The maximum Gasteiger partial charge on any atom is 0.169 e. The fraction of sp³-hybridized carbons (Fsp3) is 0.875. The molecule has 0 aromatic carbocycles. The average Bonchev–Trinajstić information content (AvgIpc) is 2.58. The van der Waals surface area contributed by atoms with Crippen LogP contribution < -0.4 is 11.1 Å². The second-order valence-corrected chi connectivity index (χ2v) is 10.3. The number of ether oxygens (including phenoxy) is 1. The van der Waals surface area contributed by atoms with E-state index in [0.29, 0.717) is 12.6 Å². The highest BCUT2D eigenvalue weighted by Crippen LogP contribution is 2.07. The summed E-state index contributed by atoms with van der Waals surface area (Å²) in [5.41, 5.74) is 5.32. The molecule has 0 atom stereocenters. The molecular formula is C8H20N4O2Si. The summed E-state index contributed by atoms with van der Waals surface area (Å²) in [4.78, 5) is 0. The predicted molar refractivity (Wildman–Crippen MR) is 61.6 cm³/mol. The first-order chi connectivity index (χ1) is 7.03. The van der Waals surface area contributed by atoms with E-state index in [4.69, 9.17) is 9.84 Å². The van der Waals surface area contributed by atoms with Crippen molar-refractivity contribution in [1.29, 1.82) is 0 Å². The molecule has 3 N–H and O–H groups in total.